The van der Waals surface area contributed by atoms with Gasteiger partial charge in [-0.15, -0.1) is 11.3 Å². The first-order chi connectivity index (χ1) is 12.9. The second kappa shape index (κ2) is 8.39. The van der Waals surface area contributed by atoms with Crippen LogP contribution in [0.1, 0.15) is 55.5 Å². The molecule has 1 saturated carbocycles. The van der Waals surface area contributed by atoms with Crippen LogP contribution < -0.4 is 10.6 Å². The van der Waals surface area contributed by atoms with E-state index in [1.807, 2.05) is 24.1 Å². The molecule has 148 valence electrons. The van der Waals surface area contributed by atoms with Gasteiger partial charge in [-0.25, -0.2) is 4.79 Å². The quantitative estimate of drug-likeness (QED) is 0.694. The van der Waals surface area contributed by atoms with Crippen LogP contribution in [0.15, 0.2) is 5.38 Å². The Morgan fingerprint density at radius 1 is 1.41 bits per heavy atom. The Balaban J connectivity index is 1.72. The molecule has 1 aromatic heterocycles. The van der Waals surface area contributed by atoms with Gasteiger partial charge in [-0.3, -0.25) is 14.5 Å². The summed E-state index contributed by atoms with van der Waals surface area (Å²) in [5, 5.41) is 8.23. The van der Waals surface area contributed by atoms with Crippen molar-refractivity contribution in [3.8, 4) is 0 Å². The highest BCUT2D eigenvalue weighted by Gasteiger charge is 2.35. The number of amides is 2. The average molecular weight is 394 g/mol. The lowest BCUT2D eigenvalue weighted by Gasteiger charge is -2.36. The lowest BCUT2D eigenvalue weighted by molar-refractivity contribution is -0.132. The molecule has 1 aliphatic carbocycles. The van der Waals surface area contributed by atoms with Gasteiger partial charge in [0.2, 0.25) is 11.8 Å². The standard InChI is InChI=1S/C19H27N3O4S/c1-4-26-19(25)15-13(12-5-6-12)10-27-18(15)21-14(23)9-22-8-7-20-17(24)16(22)11(2)3/h10-12,16H,4-9H2,1-3H3,(H,20,24)(H,21,23). The summed E-state index contributed by atoms with van der Waals surface area (Å²) in [6.07, 6.45) is 2.13. The fourth-order valence-electron chi connectivity index (χ4n) is 3.56. The monoisotopic (exact) mass is 393 g/mol. The summed E-state index contributed by atoms with van der Waals surface area (Å²) in [6.45, 7) is 7.30. The molecule has 0 spiro atoms. The van der Waals surface area contributed by atoms with E-state index >= 15 is 0 Å². The van der Waals surface area contributed by atoms with Crippen LogP contribution >= 0.6 is 11.3 Å². The van der Waals surface area contributed by atoms with Crippen molar-refractivity contribution in [1.82, 2.24) is 10.2 Å². The fourth-order valence-corrected chi connectivity index (χ4v) is 4.60. The summed E-state index contributed by atoms with van der Waals surface area (Å²) in [5.41, 5.74) is 1.47. The molecule has 2 amide bonds. The highest BCUT2D eigenvalue weighted by atomic mass is 32.1. The minimum Gasteiger partial charge on any atom is -0.462 e. The van der Waals surface area contributed by atoms with E-state index in [0.29, 0.717) is 36.2 Å². The van der Waals surface area contributed by atoms with E-state index in [-0.39, 0.29) is 36.3 Å². The number of hydrogen-bond donors (Lipinski definition) is 2. The zero-order valence-electron chi connectivity index (χ0n) is 16.0. The third-order valence-electron chi connectivity index (χ3n) is 4.91. The first-order valence-electron chi connectivity index (χ1n) is 9.52. The maximum absolute atomic E-state index is 12.7. The molecule has 1 atom stereocenters. The van der Waals surface area contributed by atoms with Crippen molar-refractivity contribution in [3.05, 3.63) is 16.5 Å². The van der Waals surface area contributed by atoms with Crippen molar-refractivity contribution in [2.75, 3.05) is 31.6 Å². The molecule has 8 heteroatoms. The second-order valence-corrected chi connectivity index (χ2v) is 8.27. The molecule has 2 heterocycles. The van der Waals surface area contributed by atoms with E-state index in [1.165, 1.54) is 11.3 Å². The van der Waals surface area contributed by atoms with E-state index in [4.69, 9.17) is 4.74 Å². The van der Waals surface area contributed by atoms with Crippen LogP contribution in [-0.2, 0) is 14.3 Å². The summed E-state index contributed by atoms with van der Waals surface area (Å²) in [7, 11) is 0. The topological polar surface area (TPSA) is 87.7 Å². The van der Waals surface area contributed by atoms with Crippen molar-refractivity contribution >= 4 is 34.1 Å². The van der Waals surface area contributed by atoms with Gasteiger partial charge in [0.25, 0.3) is 0 Å². The van der Waals surface area contributed by atoms with Gasteiger partial charge in [-0.05, 0) is 42.5 Å². The molecule has 0 bridgehead atoms. The lowest BCUT2D eigenvalue weighted by atomic mass is 9.99. The van der Waals surface area contributed by atoms with Crippen molar-refractivity contribution in [1.29, 1.82) is 0 Å². The number of anilines is 1. The molecule has 3 rings (SSSR count). The molecular formula is C19H27N3O4S. The van der Waals surface area contributed by atoms with Crippen molar-refractivity contribution < 1.29 is 19.1 Å². The Morgan fingerprint density at radius 2 is 2.15 bits per heavy atom. The van der Waals surface area contributed by atoms with Crippen LogP contribution in [0.3, 0.4) is 0 Å². The van der Waals surface area contributed by atoms with Gasteiger partial charge in [0.1, 0.15) is 5.00 Å². The van der Waals surface area contributed by atoms with Crippen LogP contribution in [0.4, 0.5) is 5.00 Å². The Morgan fingerprint density at radius 3 is 2.78 bits per heavy atom. The van der Waals surface area contributed by atoms with Crippen LogP contribution in [0.2, 0.25) is 0 Å². The van der Waals surface area contributed by atoms with Crippen molar-refractivity contribution in [3.63, 3.8) is 0 Å². The van der Waals surface area contributed by atoms with Crippen LogP contribution in [0.5, 0.6) is 0 Å². The number of nitrogens with zero attached hydrogens (tertiary/aromatic N) is 1. The minimum absolute atomic E-state index is 0.0385. The largest absolute Gasteiger partial charge is 0.462 e. The average Bonchev–Trinajstić information content (AvgIpc) is 3.35. The molecule has 1 saturated heterocycles. The Kier molecular flexibility index (Phi) is 6.16. The smallest absolute Gasteiger partial charge is 0.341 e. The molecule has 0 radical (unpaired) electrons. The van der Waals surface area contributed by atoms with E-state index in [0.717, 1.165) is 18.4 Å². The molecule has 27 heavy (non-hydrogen) atoms. The summed E-state index contributed by atoms with van der Waals surface area (Å²) >= 11 is 1.37. The van der Waals surface area contributed by atoms with Gasteiger partial charge in [0, 0.05) is 13.1 Å². The van der Waals surface area contributed by atoms with Crippen molar-refractivity contribution in [2.45, 2.75) is 45.6 Å². The maximum atomic E-state index is 12.7. The van der Waals surface area contributed by atoms with E-state index in [9.17, 15) is 14.4 Å². The van der Waals surface area contributed by atoms with Crippen LogP contribution in [0, 0.1) is 5.92 Å². The number of carbonyl (C=O) groups is 3. The first-order valence-corrected chi connectivity index (χ1v) is 10.4. The Hall–Kier alpha value is -1.93. The molecule has 2 aliphatic rings. The molecule has 7 nitrogen and oxygen atoms in total. The number of rotatable bonds is 7. The van der Waals surface area contributed by atoms with Gasteiger partial charge >= 0.3 is 5.97 Å². The summed E-state index contributed by atoms with van der Waals surface area (Å²) < 4.78 is 5.19. The van der Waals surface area contributed by atoms with E-state index < -0.39 is 0 Å². The zero-order chi connectivity index (χ0) is 19.6. The van der Waals surface area contributed by atoms with E-state index in [2.05, 4.69) is 10.6 Å². The SMILES string of the molecule is CCOC(=O)c1c(C2CC2)csc1NC(=O)CN1CCNC(=O)C1C(C)C. The first kappa shape index (κ1) is 19.8. The number of piperazine rings is 1. The van der Waals surface area contributed by atoms with Gasteiger partial charge < -0.3 is 15.4 Å². The number of ether oxygens (including phenoxy) is 1. The summed E-state index contributed by atoms with van der Waals surface area (Å²) in [5.74, 6) is -0.138. The molecule has 2 fully saturated rings. The third kappa shape index (κ3) is 4.50. The van der Waals surface area contributed by atoms with Crippen molar-refractivity contribution in [2.24, 2.45) is 5.92 Å². The number of carbonyl (C=O) groups excluding carboxylic acids is 3. The fraction of sp³-hybridized carbons (Fsp3) is 0.632. The maximum Gasteiger partial charge on any atom is 0.341 e. The number of esters is 1. The normalized spacial score (nSPS) is 20.4. The van der Waals surface area contributed by atoms with E-state index in [1.54, 1.807) is 6.92 Å². The van der Waals surface area contributed by atoms with Crippen LogP contribution in [-0.4, -0.2) is 55.0 Å². The zero-order valence-corrected chi connectivity index (χ0v) is 16.9. The predicted octanol–water partition coefficient (Wildman–Crippen LogP) is 2.20. The minimum atomic E-state index is -0.381. The summed E-state index contributed by atoms with van der Waals surface area (Å²) in [6, 6.07) is -0.320. The number of hydrogen-bond acceptors (Lipinski definition) is 6. The number of nitrogens with one attached hydrogen (secondary N) is 2. The highest BCUT2D eigenvalue weighted by molar-refractivity contribution is 7.15. The molecule has 1 unspecified atom stereocenters. The molecular weight excluding hydrogens is 366 g/mol. The Labute approximate surface area is 163 Å². The molecule has 1 aromatic rings. The third-order valence-corrected chi connectivity index (χ3v) is 5.82. The summed E-state index contributed by atoms with van der Waals surface area (Å²) in [4.78, 5) is 39.1. The van der Waals surface area contributed by atoms with Crippen LogP contribution in [0.25, 0.3) is 0 Å². The molecule has 0 aromatic carbocycles. The molecule has 2 N–H and O–H groups in total. The Bertz CT molecular complexity index is 727. The predicted molar refractivity (Wildman–Crippen MR) is 104 cm³/mol. The highest BCUT2D eigenvalue weighted by Crippen LogP contribution is 2.46. The number of thiophene rings is 1. The van der Waals surface area contributed by atoms with Gasteiger partial charge in [0.15, 0.2) is 0 Å². The van der Waals surface area contributed by atoms with Gasteiger partial charge in [-0.2, -0.15) is 0 Å². The van der Waals surface area contributed by atoms with Gasteiger partial charge in [-0.1, -0.05) is 13.8 Å². The second-order valence-electron chi connectivity index (χ2n) is 7.39. The van der Waals surface area contributed by atoms with Gasteiger partial charge in [0.05, 0.1) is 24.8 Å². The molecule has 1 aliphatic heterocycles. The lowest BCUT2D eigenvalue weighted by Crippen LogP contribution is -2.58.